The van der Waals surface area contributed by atoms with Crippen LogP contribution in [0.25, 0.3) is 11.6 Å². The molecule has 0 bridgehead atoms. The van der Waals surface area contributed by atoms with Gasteiger partial charge < -0.3 is 25.4 Å². The van der Waals surface area contributed by atoms with Crippen molar-refractivity contribution >= 4 is 35.1 Å². The van der Waals surface area contributed by atoms with E-state index in [4.69, 9.17) is 0 Å². The molecule has 0 spiro atoms. The number of aryl methyl sites for hydroxylation is 1. The number of benzene rings is 2. The first-order valence-electron chi connectivity index (χ1n) is 15.6. The number of H-pyrrole nitrogens is 1. The second-order valence-corrected chi connectivity index (χ2v) is 12.1. The molecule has 43 heavy (non-hydrogen) atoms. The van der Waals surface area contributed by atoms with Crippen LogP contribution in [-0.4, -0.2) is 64.7 Å². The molecule has 3 aliphatic heterocycles. The van der Waals surface area contributed by atoms with E-state index >= 15 is 0 Å². The minimum absolute atomic E-state index is 0.0664. The maximum Gasteiger partial charge on any atom is 0.256 e. The largest absolute Gasteiger partial charge is 0.358 e. The Kier molecular flexibility index (Phi) is 8.21. The van der Waals surface area contributed by atoms with E-state index in [1.165, 1.54) is 12.8 Å². The molecule has 2 saturated heterocycles. The number of fused-ring (bicyclic) bond motifs is 1. The molecule has 8 nitrogen and oxygen atoms in total. The van der Waals surface area contributed by atoms with Gasteiger partial charge in [-0.3, -0.25) is 14.4 Å². The standard InChI is InChI=1S/C35H41N5O3/c1-4-29(24-11-6-5-7-12-24)37-33(41)25-14-15-30-27(19-25)28(34(42)38-30)20-31-22(2)32(23(3)36-31)35(43)40-18-10-13-26(40)21-39-16-8-9-17-39/h5-7,11-12,14-15,19-20,26,29,36H,4,8-10,13,16-18,21H2,1-3H3,(H,37,41)(H,38,42)/b28-20-/t26-,29-/m0/s1. The number of amides is 3. The number of anilines is 1. The smallest absolute Gasteiger partial charge is 0.256 e. The molecule has 3 amide bonds. The Bertz CT molecular complexity index is 1570. The van der Waals surface area contributed by atoms with E-state index in [0.29, 0.717) is 28.0 Å². The van der Waals surface area contributed by atoms with Crippen molar-refractivity contribution in [3.8, 4) is 0 Å². The third-order valence-corrected chi connectivity index (χ3v) is 9.26. The van der Waals surface area contributed by atoms with E-state index in [9.17, 15) is 14.4 Å². The van der Waals surface area contributed by atoms with Crippen LogP contribution in [0.1, 0.15) is 93.9 Å². The van der Waals surface area contributed by atoms with Crippen molar-refractivity contribution in [1.29, 1.82) is 0 Å². The average Bonchev–Trinajstić information content (AvgIpc) is 3.81. The van der Waals surface area contributed by atoms with E-state index < -0.39 is 0 Å². The first-order chi connectivity index (χ1) is 20.8. The first kappa shape index (κ1) is 28.9. The maximum absolute atomic E-state index is 13.9. The fourth-order valence-electron chi connectivity index (χ4n) is 6.90. The van der Waals surface area contributed by atoms with Gasteiger partial charge in [-0.05, 0) is 94.4 Å². The second-order valence-electron chi connectivity index (χ2n) is 12.1. The number of carbonyl (C=O) groups excluding carboxylic acids is 3. The summed E-state index contributed by atoms with van der Waals surface area (Å²) in [6, 6.07) is 15.3. The Morgan fingerprint density at radius 2 is 1.81 bits per heavy atom. The van der Waals surface area contributed by atoms with E-state index in [2.05, 4.69) is 25.4 Å². The molecule has 0 saturated carbocycles. The normalized spacial score (nSPS) is 20.0. The van der Waals surface area contributed by atoms with Crippen LogP contribution in [-0.2, 0) is 4.79 Å². The highest BCUT2D eigenvalue weighted by atomic mass is 16.2. The lowest BCUT2D eigenvalue weighted by Crippen LogP contribution is -2.42. The predicted octanol–water partition coefficient (Wildman–Crippen LogP) is 5.71. The molecule has 2 fully saturated rings. The molecule has 0 unspecified atom stereocenters. The lowest BCUT2D eigenvalue weighted by Gasteiger charge is -2.28. The molecular weight excluding hydrogens is 538 g/mol. The lowest BCUT2D eigenvalue weighted by atomic mass is 10.0. The molecule has 8 heteroatoms. The van der Waals surface area contributed by atoms with Crippen LogP contribution in [0.2, 0.25) is 0 Å². The predicted molar refractivity (Wildman–Crippen MR) is 170 cm³/mol. The van der Waals surface area contributed by atoms with Gasteiger partial charge in [0.05, 0.1) is 17.2 Å². The number of carbonyl (C=O) groups is 3. The molecule has 0 radical (unpaired) electrons. The average molecular weight is 580 g/mol. The third kappa shape index (κ3) is 5.76. The number of rotatable bonds is 8. The van der Waals surface area contributed by atoms with Crippen LogP contribution in [0.5, 0.6) is 0 Å². The molecule has 4 heterocycles. The van der Waals surface area contributed by atoms with Gasteiger partial charge in [-0.25, -0.2) is 0 Å². The van der Waals surface area contributed by atoms with Crippen LogP contribution in [0.4, 0.5) is 5.69 Å². The number of nitrogens with one attached hydrogen (secondary N) is 3. The van der Waals surface area contributed by atoms with Gasteiger partial charge in [-0.1, -0.05) is 37.3 Å². The molecule has 1 aromatic heterocycles. The molecule has 2 atom stereocenters. The minimum Gasteiger partial charge on any atom is -0.358 e. The molecule has 2 aromatic carbocycles. The molecule has 0 aliphatic carbocycles. The van der Waals surface area contributed by atoms with E-state index in [1.807, 2.05) is 57.2 Å². The number of likely N-dealkylation sites (tertiary alicyclic amines) is 2. The third-order valence-electron chi connectivity index (χ3n) is 9.26. The number of aromatic amines is 1. The van der Waals surface area contributed by atoms with Crippen LogP contribution < -0.4 is 10.6 Å². The van der Waals surface area contributed by atoms with E-state index in [0.717, 1.165) is 68.0 Å². The summed E-state index contributed by atoms with van der Waals surface area (Å²) in [5, 5.41) is 6.06. The van der Waals surface area contributed by atoms with Gasteiger partial charge in [0, 0.05) is 47.3 Å². The van der Waals surface area contributed by atoms with Gasteiger partial charge in [-0.2, -0.15) is 0 Å². The second kappa shape index (κ2) is 12.2. The van der Waals surface area contributed by atoms with Crippen LogP contribution in [0.15, 0.2) is 48.5 Å². The van der Waals surface area contributed by atoms with E-state index in [1.54, 1.807) is 18.2 Å². The molecule has 3 N–H and O–H groups in total. The summed E-state index contributed by atoms with van der Waals surface area (Å²) in [7, 11) is 0. The van der Waals surface area contributed by atoms with Crippen molar-refractivity contribution in [3.05, 3.63) is 87.7 Å². The molecule has 3 aromatic rings. The van der Waals surface area contributed by atoms with Crippen LogP contribution >= 0.6 is 0 Å². The fraction of sp³-hybridized carbons (Fsp3) is 0.400. The number of nitrogens with zero attached hydrogens (tertiary/aromatic N) is 2. The topological polar surface area (TPSA) is 97.5 Å². The van der Waals surface area contributed by atoms with Crippen LogP contribution in [0, 0.1) is 13.8 Å². The van der Waals surface area contributed by atoms with Crippen molar-refractivity contribution in [2.45, 2.75) is 65.0 Å². The van der Waals surface area contributed by atoms with Gasteiger partial charge in [0.15, 0.2) is 0 Å². The highest BCUT2D eigenvalue weighted by Crippen LogP contribution is 2.35. The van der Waals surface area contributed by atoms with E-state index in [-0.39, 0.29) is 29.8 Å². The molecule has 6 rings (SSSR count). The summed E-state index contributed by atoms with van der Waals surface area (Å²) in [5.41, 5.74) is 6.43. The van der Waals surface area contributed by atoms with Gasteiger partial charge in [0.2, 0.25) is 0 Å². The fourth-order valence-corrected chi connectivity index (χ4v) is 6.90. The number of aromatic nitrogens is 1. The van der Waals surface area contributed by atoms with Crippen molar-refractivity contribution in [3.63, 3.8) is 0 Å². The summed E-state index contributed by atoms with van der Waals surface area (Å²) in [6.45, 7) is 9.89. The summed E-state index contributed by atoms with van der Waals surface area (Å²) < 4.78 is 0. The molecular formula is C35H41N5O3. The lowest BCUT2D eigenvalue weighted by molar-refractivity contribution is -0.110. The summed E-state index contributed by atoms with van der Waals surface area (Å²) in [5.74, 6) is -0.351. The summed E-state index contributed by atoms with van der Waals surface area (Å²) in [4.78, 5) is 48.2. The van der Waals surface area contributed by atoms with Gasteiger partial charge in [0.1, 0.15) is 0 Å². The van der Waals surface area contributed by atoms with Crippen molar-refractivity contribution in [2.24, 2.45) is 0 Å². The number of hydrogen-bond acceptors (Lipinski definition) is 4. The van der Waals surface area contributed by atoms with Crippen molar-refractivity contribution in [1.82, 2.24) is 20.1 Å². The highest BCUT2D eigenvalue weighted by molar-refractivity contribution is 6.35. The summed E-state index contributed by atoms with van der Waals surface area (Å²) >= 11 is 0. The van der Waals surface area contributed by atoms with Crippen LogP contribution in [0.3, 0.4) is 0 Å². The SMILES string of the molecule is CC[C@H](NC(=O)c1ccc2c(c1)/C(=C/c1[nH]c(C)c(C(=O)N3CCC[C@H]3CN3CCCC3)c1C)C(=O)N2)c1ccccc1. The zero-order valence-electron chi connectivity index (χ0n) is 25.3. The molecule has 3 aliphatic rings. The van der Waals surface area contributed by atoms with Gasteiger partial charge >= 0.3 is 0 Å². The highest BCUT2D eigenvalue weighted by Gasteiger charge is 2.34. The Morgan fingerprint density at radius 1 is 1.05 bits per heavy atom. The van der Waals surface area contributed by atoms with Crippen molar-refractivity contribution in [2.75, 3.05) is 31.5 Å². The quantitative estimate of drug-likeness (QED) is 0.298. The number of hydrogen-bond donors (Lipinski definition) is 3. The van der Waals surface area contributed by atoms with Gasteiger partial charge in [-0.15, -0.1) is 0 Å². The Labute approximate surface area is 253 Å². The zero-order chi connectivity index (χ0) is 30.1. The zero-order valence-corrected chi connectivity index (χ0v) is 25.3. The maximum atomic E-state index is 13.9. The monoisotopic (exact) mass is 579 g/mol. The first-order valence-corrected chi connectivity index (χ1v) is 15.6. The molecule has 224 valence electrons. The van der Waals surface area contributed by atoms with Gasteiger partial charge in [0.25, 0.3) is 17.7 Å². The summed E-state index contributed by atoms with van der Waals surface area (Å²) in [6.07, 6.45) is 7.12. The Hall–Kier alpha value is -4.17. The minimum atomic E-state index is -0.229. The Balaban J connectivity index is 1.24. The Morgan fingerprint density at radius 3 is 2.56 bits per heavy atom. The van der Waals surface area contributed by atoms with Crippen molar-refractivity contribution < 1.29 is 14.4 Å².